The fraction of sp³-hybridized carbons (Fsp3) is 0.615. The van der Waals surface area contributed by atoms with E-state index in [1.54, 1.807) is 12.1 Å². The van der Waals surface area contributed by atoms with Crippen molar-refractivity contribution >= 4 is 15.8 Å². The zero-order chi connectivity index (χ0) is 15.0. The van der Waals surface area contributed by atoms with Gasteiger partial charge >= 0.3 is 0 Å². The summed E-state index contributed by atoms with van der Waals surface area (Å²) in [6.45, 7) is 1.58. The van der Waals surface area contributed by atoms with Gasteiger partial charge in [-0.2, -0.15) is 0 Å². The molecule has 3 N–H and O–H groups in total. The van der Waals surface area contributed by atoms with Crippen LogP contribution in [0.2, 0.25) is 0 Å². The number of aromatic nitrogens is 1. The molecule has 114 valence electrons. The molecule has 1 heterocycles. The van der Waals surface area contributed by atoms with Gasteiger partial charge in [0.25, 0.3) is 0 Å². The van der Waals surface area contributed by atoms with Crippen LogP contribution in [0, 0.1) is 0 Å². The second-order valence-electron chi connectivity index (χ2n) is 4.80. The second-order valence-corrected chi connectivity index (χ2v) is 6.95. The Morgan fingerprint density at radius 2 is 1.90 bits per heavy atom. The number of sulfonamides is 1. The van der Waals surface area contributed by atoms with E-state index in [2.05, 4.69) is 10.3 Å². The molecule has 0 spiro atoms. The Bertz CT molecular complexity index is 486. The van der Waals surface area contributed by atoms with Crippen molar-refractivity contribution in [1.82, 2.24) is 9.29 Å². The van der Waals surface area contributed by atoms with Crippen molar-refractivity contribution in [2.24, 2.45) is 5.73 Å². The molecule has 20 heavy (non-hydrogen) atoms. The lowest BCUT2D eigenvalue weighted by atomic mass is 10.2. The minimum Gasteiger partial charge on any atom is -0.370 e. The van der Waals surface area contributed by atoms with Crippen molar-refractivity contribution in [1.29, 1.82) is 0 Å². The molecule has 1 aromatic rings. The van der Waals surface area contributed by atoms with Crippen molar-refractivity contribution in [3.8, 4) is 0 Å². The summed E-state index contributed by atoms with van der Waals surface area (Å²) in [4.78, 5) is 4.33. The summed E-state index contributed by atoms with van der Waals surface area (Å²) < 4.78 is 24.9. The fourth-order valence-corrected chi connectivity index (χ4v) is 2.54. The molecule has 7 heteroatoms. The van der Waals surface area contributed by atoms with E-state index in [0.29, 0.717) is 5.82 Å². The molecular weight excluding hydrogens is 276 g/mol. The van der Waals surface area contributed by atoms with Gasteiger partial charge in [0.1, 0.15) is 10.7 Å². The Balaban J connectivity index is 2.44. The Labute approximate surface area is 121 Å². The highest BCUT2D eigenvalue weighted by Crippen LogP contribution is 2.13. The van der Waals surface area contributed by atoms with Gasteiger partial charge in [0.15, 0.2) is 0 Å². The molecule has 0 radical (unpaired) electrons. The van der Waals surface area contributed by atoms with Crippen molar-refractivity contribution in [2.75, 3.05) is 32.5 Å². The van der Waals surface area contributed by atoms with Crippen LogP contribution in [0.3, 0.4) is 0 Å². The molecular formula is C13H24N4O2S. The molecule has 6 nitrogen and oxygen atoms in total. The summed E-state index contributed by atoms with van der Waals surface area (Å²) in [6, 6.07) is 3.26. The van der Waals surface area contributed by atoms with Crippen LogP contribution in [0.5, 0.6) is 0 Å². The number of nitrogens with two attached hydrogens (primary N) is 1. The van der Waals surface area contributed by atoms with E-state index >= 15 is 0 Å². The van der Waals surface area contributed by atoms with Crippen molar-refractivity contribution < 1.29 is 8.42 Å². The molecule has 0 unspecified atom stereocenters. The second kappa shape index (κ2) is 8.18. The molecule has 0 aliphatic rings. The molecule has 0 aromatic carbocycles. The average molecular weight is 300 g/mol. The van der Waals surface area contributed by atoms with Gasteiger partial charge in [-0.15, -0.1) is 0 Å². The van der Waals surface area contributed by atoms with Gasteiger partial charge in [-0.05, 0) is 31.5 Å². The summed E-state index contributed by atoms with van der Waals surface area (Å²) in [7, 11) is -0.392. The number of hydrogen-bond acceptors (Lipinski definition) is 5. The number of hydrogen-bond donors (Lipinski definition) is 2. The molecule has 0 aliphatic carbocycles. The minimum atomic E-state index is -3.40. The van der Waals surface area contributed by atoms with E-state index in [-0.39, 0.29) is 4.90 Å². The highest BCUT2D eigenvalue weighted by atomic mass is 32.2. The van der Waals surface area contributed by atoms with Crippen LogP contribution >= 0.6 is 0 Å². The Morgan fingerprint density at radius 3 is 2.45 bits per heavy atom. The maximum Gasteiger partial charge on any atom is 0.244 e. The zero-order valence-corrected chi connectivity index (χ0v) is 13.0. The maximum atomic E-state index is 11.9. The lowest BCUT2D eigenvalue weighted by Gasteiger charge is -2.11. The third-order valence-electron chi connectivity index (χ3n) is 2.95. The molecule has 1 rings (SSSR count). The van der Waals surface area contributed by atoms with Gasteiger partial charge in [-0.3, -0.25) is 0 Å². The largest absolute Gasteiger partial charge is 0.370 e. The molecule has 0 amide bonds. The van der Waals surface area contributed by atoms with Gasteiger partial charge in [0, 0.05) is 26.8 Å². The molecule has 0 atom stereocenters. The highest BCUT2D eigenvalue weighted by Gasteiger charge is 2.17. The quantitative estimate of drug-likeness (QED) is 0.670. The van der Waals surface area contributed by atoms with Crippen LogP contribution in [0.4, 0.5) is 5.82 Å². The number of anilines is 1. The summed E-state index contributed by atoms with van der Waals surface area (Å²) in [5.74, 6) is 0.696. The maximum absolute atomic E-state index is 11.9. The van der Waals surface area contributed by atoms with Crippen molar-refractivity contribution in [2.45, 2.75) is 30.6 Å². The van der Waals surface area contributed by atoms with Crippen LogP contribution in [-0.4, -0.2) is 44.9 Å². The number of pyridine rings is 1. The third-order valence-corrected chi connectivity index (χ3v) is 4.75. The van der Waals surface area contributed by atoms with Crippen LogP contribution in [-0.2, 0) is 10.0 Å². The van der Waals surface area contributed by atoms with Crippen LogP contribution < -0.4 is 11.1 Å². The van der Waals surface area contributed by atoms with E-state index in [0.717, 1.165) is 38.8 Å². The molecule has 0 saturated heterocycles. The summed E-state index contributed by atoms with van der Waals surface area (Å²) in [6.07, 6.45) is 5.78. The van der Waals surface area contributed by atoms with E-state index in [1.807, 2.05) is 0 Å². The summed E-state index contributed by atoms with van der Waals surface area (Å²) in [5, 5.41) is 3.18. The Morgan fingerprint density at radius 1 is 1.20 bits per heavy atom. The van der Waals surface area contributed by atoms with E-state index < -0.39 is 10.0 Å². The molecule has 1 aromatic heterocycles. The van der Waals surface area contributed by atoms with Gasteiger partial charge in [-0.1, -0.05) is 12.8 Å². The van der Waals surface area contributed by atoms with Crippen LogP contribution in [0.1, 0.15) is 25.7 Å². The van der Waals surface area contributed by atoms with Crippen molar-refractivity contribution in [3.05, 3.63) is 18.3 Å². The first kappa shape index (κ1) is 16.9. The lowest BCUT2D eigenvalue weighted by Crippen LogP contribution is -2.22. The van der Waals surface area contributed by atoms with Crippen molar-refractivity contribution in [3.63, 3.8) is 0 Å². The van der Waals surface area contributed by atoms with Crippen LogP contribution in [0.25, 0.3) is 0 Å². The van der Waals surface area contributed by atoms with Gasteiger partial charge in [0.05, 0.1) is 0 Å². The number of nitrogens with zero attached hydrogens (tertiary/aromatic N) is 2. The Hall–Kier alpha value is -1.18. The zero-order valence-electron chi connectivity index (χ0n) is 12.2. The van der Waals surface area contributed by atoms with Crippen LogP contribution in [0.15, 0.2) is 23.2 Å². The molecule has 0 fully saturated rings. The first-order chi connectivity index (χ1) is 9.48. The number of nitrogens with one attached hydrogen (secondary N) is 1. The summed E-state index contributed by atoms with van der Waals surface area (Å²) >= 11 is 0. The monoisotopic (exact) mass is 300 g/mol. The SMILES string of the molecule is CN(C)S(=O)(=O)c1ccc(NCCCCCCN)nc1. The predicted octanol–water partition coefficient (Wildman–Crippen LogP) is 1.26. The standard InChI is InChI=1S/C13H24N4O2S/c1-17(2)20(18,19)12-7-8-13(16-11-12)15-10-6-4-3-5-9-14/h7-8,11H,3-6,9-10,14H2,1-2H3,(H,15,16). The van der Waals surface area contributed by atoms with Gasteiger partial charge < -0.3 is 11.1 Å². The number of unbranched alkanes of at least 4 members (excludes halogenated alkanes) is 3. The van der Waals surface area contributed by atoms with E-state index in [9.17, 15) is 8.42 Å². The Kier molecular flexibility index (Phi) is 6.90. The molecule has 0 bridgehead atoms. The van der Waals surface area contributed by atoms with Gasteiger partial charge in [-0.25, -0.2) is 17.7 Å². The molecule has 0 saturated carbocycles. The summed E-state index contributed by atoms with van der Waals surface area (Å²) in [5.41, 5.74) is 5.43. The topological polar surface area (TPSA) is 88.3 Å². The van der Waals surface area contributed by atoms with E-state index in [4.69, 9.17) is 5.73 Å². The average Bonchev–Trinajstić information content (AvgIpc) is 2.43. The van der Waals surface area contributed by atoms with Gasteiger partial charge in [0.2, 0.25) is 10.0 Å². The third kappa shape index (κ3) is 5.07. The normalized spacial score (nSPS) is 11.8. The first-order valence-electron chi connectivity index (χ1n) is 6.81. The minimum absolute atomic E-state index is 0.205. The highest BCUT2D eigenvalue weighted by molar-refractivity contribution is 7.89. The lowest BCUT2D eigenvalue weighted by molar-refractivity contribution is 0.520. The predicted molar refractivity (Wildman–Crippen MR) is 81.1 cm³/mol. The number of rotatable bonds is 9. The molecule has 0 aliphatic heterocycles. The van der Waals surface area contributed by atoms with E-state index in [1.165, 1.54) is 24.6 Å². The first-order valence-corrected chi connectivity index (χ1v) is 8.25. The smallest absolute Gasteiger partial charge is 0.244 e. The fourth-order valence-electron chi connectivity index (χ4n) is 1.69.